The van der Waals surface area contributed by atoms with Gasteiger partial charge in [-0.05, 0) is 36.4 Å². The molecular formula is C14H15ClN2O. The number of nitrogens with zero attached hydrogens (tertiary/aromatic N) is 1. The van der Waals surface area contributed by atoms with Gasteiger partial charge in [0, 0.05) is 29.4 Å². The van der Waals surface area contributed by atoms with E-state index >= 15 is 0 Å². The molecule has 1 fully saturated rings. The number of phenolic OH excluding ortho intramolecular Hbond substituents is 1. The Kier molecular flexibility index (Phi) is 2.78. The van der Waals surface area contributed by atoms with Crippen LogP contribution in [0.5, 0.6) is 5.75 Å². The molecule has 0 aliphatic heterocycles. The van der Waals surface area contributed by atoms with Gasteiger partial charge in [-0.3, -0.25) is 0 Å². The molecule has 4 heteroatoms. The first-order chi connectivity index (χ1) is 8.72. The van der Waals surface area contributed by atoms with Gasteiger partial charge in [0.2, 0.25) is 0 Å². The third-order valence-electron chi connectivity index (χ3n) is 3.62. The summed E-state index contributed by atoms with van der Waals surface area (Å²) in [5, 5.41) is 14.9. The van der Waals surface area contributed by atoms with Gasteiger partial charge in [0.15, 0.2) is 0 Å². The minimum atomic E-state index is 0.252. The molecule has 3 nitrogen and oxygen atoms in total. The van der Waals surface area contributed by atoms with Crippen LogP contribution in [0.15, 0.2) is 30.5 Å². The Hall–Kier alpha value is -1.48. The van der Waals surface area contributed by atoms with Gasteiger partial charge in [-0.15, -0.1) is 11.6 Å². The number of aromatic hydroxyl groups is 1. The summed E-state index contributed by atoms with van der Waals surface area (Å²) in [4.78, 5) is 4.35. The maximum atomic E-state index is 9.56. The summed E-state index contributed by atoms with van der Waals surface area (Å²) >= 11 is 5.96. The van der Waals surface area contributed by atoms with Crippen LogP contribution in [0.2, 0.25) is 0 Å². The highest BCUT2D eigenvalue weighted by atomic mass is 35.5. The first-order valence-corrected chi connectivity index (χ1v) is 6.64. The summed E-state index contributed by atoms with van der Waals surface area (Å²) in [7, 11) is 0. The highest BCUT2D eigenvalue weighted by Crippen LogP contribution is 2.46. The van der Waals surface area contributed by atoms with Crippen LogP contribution < -0.4 is 5.32 Å². The lowest BCUT2D eigenvalue weighted by molar-refractivity contribution is 0.476. The molecule has 2 aromatic rings. The van der Waals surface area contributed by atoms with Gasteiger partial charge in [0.1, 0.15) is 11.6 Å². The zero-order valence-electron chi connectivity index (χ0n) is 9.99. The van der Waals surface area contributed by atoms with Crippen molar-refractivity contribution in [3.8, 4) is 5.75 Å². The zero-order chi connectivity index (χ0) is 12.6. The lowest BCUT2D eigenvalue weighted by Crippen LogP contribution is -2.17. The SMILES string of the molecule is Oc1ccc2ccnc(NCC3(CCl)CC3)c2c1. The minimum Gasteiger partial charge on any atom is -0.508 e. The Bertz CT molecular complexity index is 581. The average molecular weight is 263 g/mol. The van der Waals surface area contributed by atoms with E-state index in [1.807, 2.05) is 12.1 Å². The second kappa shape index (κ2) is 4.32. The smallest absolute Gasteiger partial charge is 0.133 e. The van der Waals surface area contributed by atoms with E-state index < -0.39 is 0 Å². The summed E-state index contributed by atoms with van der Waals surface area (Å²) < 4.78 is 0. The van der Waals surface area contributed by atoms with Gasteiger partial charge in [-0.1, -0.05) is 6.07 Å². The molecule has 0 atom stereocenters. The minimum absolute atomic E-state index is 0.252. The monoisotopic (exact) mass is 262 g/mol. The Morgan fingerprint density at radius 2 is 2.17 bits per heavy atom. The number of nitrogens with one attached hydrogen (secondary N) is 1. The van der Waals surface area contributed by atoms with Crippen molar-refractivity contribution in [3.63, 3.8) is 0 Å². The van der Waals surface area contributed by atoms with Crippen LogP contribution in [0.3, 0.4) is 0 Å². The highest BCUT2D eigenvalue weighted by molar-refractivity contribution is 6.18. The summed E-state index contributed by atoms with van der Waals surface area (Å²) in [6, 6.07) is 7.26. The van der Waals surface area contributed by atoms with Crippen molar-refractivity contribution < 1.29 is 5.11 Å². The predicted molar refractivity (Wildman–Crippen MR) is 74.3 cm³/mol. The number of pyridine rings is 1. The van der Waals surface area contributed by atoms with Gasteiger partial charge < -0.3 is 10.4 Å². The molecule has 0 radical (unpaired) electrons. The number of aromatic nitrogens is 1. The summed E-state index contributed by atoms with van der Waals surface area (Å²) in [6.45, 7) is 0.846. The number of halogens is 1. The largest absolute Gasteiger partial charge is 0.508 e. The molecule has 1 saturated carbocycles. The first kappa shape index (κ1) is 11.6. The predicted octanol–water partition coefficient (Wildman–Crippen LogP) is 3.37. The van der Waals surface area contributed by atoms with Crippen molar-refractivity contribution in [1.29, 1.82) is 0 Å². The number of alkyl halides is 1. The van der Waals surface area contributed by atoms with Gasteiger partial charge in [0.25, 0.3) is 0 Å². The number of hydrogen-bond donors (Lipinski definition) is 2. The molecule has 3 rings (SSSR count). The lowest BCUT2D eigenvalue weighted by atomic mass is 10.1. The van der Waals surface area contributed by atoms with E-state index in [1.54, 1.807) is 18.3 Å². The van der Waals surface area contributed by atoms with E-state index in [-0.39, 0.29) is 11.2 Å². The van der Waals surface area contributed by atoms with Crippen molar-refractivity contribution in [2.75, 3.05) is 17.7 Å². The fraction of sp³-hybridized carbons (Fsp3) is 0.357. The average Bonchev–Trinajstić information content (AvgIpc) is 3.17. The van der Waals surface area contributed by atoms with E-state index in [0.717, 1.165) is 23.1 Å². The fourth-order valence-electron chi connectivity index (χ4n) is 2.10. The van der Waals surface area contributed by atoms with Gasteiger partial charge in [0.05, 0.1) is 0 Å². The maximum absolute atomic E-state index is 9.56. The quantitative estimate of drug-likeness (QED) is 0.831. The molecule has 1 heterocycles. The molecule has 1 aliphatic rings. The van der Waals surface area contributed by atoms with Crippen LogP contribution in [-0.4, -0.2) is 22.5 Å². The zero-order valence-corrected chi connectivity index (χ0v) is 10.7. The molecule has 0 spiro atoms. The molecule has 2 N–H and O–H groups in total. The first-order valence-electron chi connectivity index (χ1n) is 6.10. The number of fused-ring (bicyclic) bond motifs is 1. The van der Waals surface area contributed by atoms with Crippen LogP contribution in [0.1, 0.15) is 12.8 Å². The molecule has 0 bridgehead atoms. The van der Waals surface area contributed by atoms with Gasteiger partial charge in [-0.25, -0.2) is 4.98 Å². The van der Waals surface area contributed by atoms with Crippen LogP contribution >= 0.6 is 11.6 Å². The van der Waals surface area contributed by atoms with E-state index in [9.17, 15) is 5.11 Å². The second-order valence-corrected chi connectivity index (χ2v) is 5.32. The molecule has 0 unspecified atom stereocenters. The number of benzene rings is 1. The Morgan fingerprint density at radius 3 is 2.89 bits per heavy atom. The van der Waals surface area contributed by atoms with E-state index in [4.69, 9.17) is 11.6 Å². The molecule has 1 aliphatic carbocycles. The van der Waals surface area contributed by atoms with Crippen molar-refractivity contribution in [2.45, 2.75) is 12.8 Å². The Morgan fingerprint density at radius 1 is 1.33 bits per heavy atom. The molecule has 0 amide bonds. The van der Waals surface area contributed by atoms with Crippen molar-refractivity contribution >= 4 is 28.2 Å². The van der Waals surface area contributed by atoms with Crippen molar-refractivity contribution in [2.24, 2.45) is 5.41 Å². The van der Waals surface area contributed by atoms with Crippen LogP contribution in [0.4, 0.5) is 5.82 Å². The normalized spacial score (nSPS) is 16.7. The standard InChI is InChI=1S/C14H15ClN2O/c15-8-14(4-5-14)9-17-13-12-7-11(18)2-1-10(12)3-6-16-13/h1-3,6-7,18H,4-5,8-9H2,(H,16,17). The van der Waals surface area contributed by atoms with Gasteiger partial charge in [-0.2, -0.15) is 0 Å². The molecule has 94 valence electrons. The number of hydrogen-bond acceptors (Lipinski definition) is 3. The van der Waals surface area contributed by atoms with Crippen molar-refractivity contribution in [3.05, 3.63) is 30.5 Å². The number of rotatable bonds is 4. The van der Waals surface area contributed by atoms with Crippen LogP contribution in [-0.2, 0) is 0 Å². The van der Waals surface area contributed by atoms with Gasteiger partial charge >= 0.3 is 0 Å². The van der Waals surface area contributed by atoms with E-state index in [1.165, 1.54) is 12.8 Å². The lowest BCUT2D eigenvalue weighted by Gasteiger charge is -2.14. The highest BCUT2D eigenvalue weighted by Gasteiger charge is 2.41. The van der Waals surface area contributed by atoms with E-state index in [0.29, 0.717) is 5.88 Å². The fourth-order valence-corrected chi connectivity index (χ4v) is 2.46. The number of anilines is 1. The third-order valence-corrected chi connectivity index (χ3v) is 4.19. The molecule has 1 aromatic heterocycles. The topological polar surface area (TPSA) is 45.2 Å². The van der Waals surface area contributed by atoms with Crippen LogP contribution in [0.25, 0.3) is 10.8 Å². The summed E-state index contributed by atoms with van der Waals surface area (Å²) in [6.07, 6.45) is 4.14. The van der Waals surface area contributed by atoms with Crippen molar-refractivity contribution in [1.82, 2.24) is 4.98 Å². The summed E-state index contributed by atoms with van der Waals surface area (Å²) in [5.41, 5.74) is 0.252. The molecular weight excluding hydrogens is 248 g/mol. The van der Waals surface area contributed by atoms with E-state index in [2.05, 4.69) is 10.3 Å². The third kappa shape index (κ3) is 2.10. The van der Waals surface area contributed by atoms with Crippen LogP contribution in [0, 0.1) is 5.41 Å². The molecule has 18 heavy (non-hydrogen) atoms. The Balaban J connectivity index is 1.89. The molecule has 1 aromatic carbocycles. The Labute approximate surface area is 111 Å². The maximum Gasteiger partial charge on any atom is 0.133 e. The second-order valence-electron chi connectivity index (χ2n) is 5.05. The number of phenols is 1. The summed E-state index contributed by atoms with van der Waals surface area (Å²) in [5.74, 6) is 1.77. The molecule has 0 saturated heterocycles.